The summed E-state index contributed by atoms with van der Waals surface area (Å²) in [5.41, 5.74) is 4.11. The van der Waals surface area contributed by atoms with Gasteiger partial charge < -0.3 is 41.5 Å². The van der Waals surface area contributed by atoms with Crippen molar-refractivity contribution in [2.24, 2.45) is 5.16 Å². The number of anilines is 2. The average Bonchev–Trinajstić information content (AvgIpc) is 3.68. The van der Waals surface area contributed by atoms with Crippen LogP contribution in [0.15, 0.2) is 76.2 Å². The number of aliphatic carboxylic acids is 1. The predicted octanol–water partition coefficient (Wildman–Crippen LogP) is 0.317. The van der Waals surface area contributed by atoms with Crippen molar-refractivity contribution in [3.63, 3.8) is 0 Å². The largest absolute Gasteiger partial charge is 0.543 e. The number of aromatic hydroxyl groups is 1. The monoisotopic (exact) mass is 772 g/mol. The van der Waals surface area contributed by atoms with Crippen molar-refractivity contribution >= 4 is 69.2 Å². The van der Waals surface area contributed by atoms with E-state index >= 15 is 0 Å². The summed E-state index contributed by atoms with van der Waals surface area (Å²) < 4.78 is 41.4. The zero-order valence-electron chi connectivity index (χ0n) is 27.0. The Hall–Kier alpha value is -5.96. The molecule has 0 spiro atoms. The molecule has 3 aromatic rings. The molecule has 1 aromatic carbocycles. The lowest BCUT2D eigenvalue weighted by molar-refractivity contribution is -0.684. The number of carbonyl (C=O) groups excluding carboxylic acids is 5. The molecule has 0 unspecified atom stereocenters. The second kappa shape index (κ2) is 14.6. The second-order valence-corrected chi connectivity index (χ2v) is 13.8. The number of carboxylic acids is 1. The lowest BCUT2D eigenvalue weighted by atomic mass is 10.0. The number of likely N-dealkylation sites (tertiary alicyclic amines) is 1. The van der Waals surface area contributed by atoms with Gasteiger partial charge in [0.1, 0.15) is 22.9 Å². The molecule has 0 aliphatic carbocycles. The number of halogens is 3. The van der Waals surface area contributed by atoms with Crippen LogP contribution in [0, 0.1) is 0 Å². The number of amides is 4. The number of thioether (sulfide) groups is 1. The van der Waals surface area contributed by atoms with Crippen LogP contribution in [-0.4, -0.2) is 84.1 Å². The first-order chi connectivity index (χ1) is 25.1. The Labute approximate surface area is 305 Å². The standard InChI is InChI=1S/C32H27F3N8O8S2/c33-32(34,35)19-10-18(44)1-2-20(19)37-22(45)12-41-6-3-15(4-7-41)11-42-8-5-16(27(42)47)9-17-13-52-29-24(28(48)43(29)25(17)30(49)50)39-26(46)23(40-51)21-14-53-31(36)38-21/h1-4,6-7,9-10,14,24,29H,5,8,11-13H2,(H6-,36,37,38,39,40,44,45,46,49,50,51)/b16-9+/t24-,29-/m1/s1. The van der Waals surface area contributed by atoms with Crippen molar-refractivity contribution in [3.05, 3.63) is 87.8 Å². The summed E-state index contributed by atoms with van der Waals surface area (Å²) in [6.07, 6.45) is -0.0608. The average molecular weight is 773 g/mol. The molecule has 3 aliphatic heterocycles. The summed E-state index contributed by atoms with van der Waals surface area (Å²) in [7, 11) is 0. The fourth-order valence-corrected chi connectivity index (χ4v) is 7.73. The number of nitrogens with zero attached hydrogens (tertiary/aromatic N) is 5. The molecule has 276 valence electrons. The van der Waals surface area contributed by atoms with Crippen LogP contribution in [0.3, 0.4) is 0 Å². The maximum absolute atomic E-state index is 13.3. The number of allylic oxidation sites excluding steroid dienone is 1. The van der Waals surface area contributed by atoms with E-state index in [1.54, 1.807) is 12.1 Å². The lowest BCUT2D eigenvalue weighted by Crippen LogP contribution is -2.71. The minimum atomic E-state index is -4.80. The molecule has 4 amide bonds. The fourth-order valence-electron chi connectivity index (χ4n) is 5.87. The van der Waals surface area contributed by atoms with Gasteiger partial charge in [0.05, 0.1) is 22.9 Å². The molecule has 5 heterocycles. The summed E-state index contributed by atoms with van der Waals surface area (Å²) in [5, 5.41) is 39.3. The van der Waals surface area contributed by atoms with E-state index in [0.717, 1.165) is 40.1 Å². The highest BCUT2D eigenvalue weighted by atomic mass is 32.2. The van der Waals surface area contributed by atoms with Gasteiger partial charge in [0.2, 0.25) is 12.5 Å². The summed E-state index contributed by atoms with van der Waals surface area (Å²) in [5.74, 6) is -4.96. The Balaban J connectivity index is 1.07. The predicted molar refractivity (Wildman–Crippen MR) is 178 cm³/mol. The molecule has 21 heteroatoms. The molecular weight excluding hydrogens is 746 g/mol. The molecule has 2 saturated heterocycles. The number of aromatic nitrogens is 2. The number of pyridine rings is 1. The zero-order chi connectivity index (χ0) is 38.2. The van der Waals surface area contributed by atoms with Crippen LogP contribution in [-0.2, 0) is 43.2 Å². The number of nitrogens with two attached hydrogens (primary N) is 1. The lowest BCUT2D eigenvalue weighted by Gasteiger charge is -2.50. The Morgan fingerprint density at radius 3 is 2.57 bits per heavy atom. The minimum Gasteiger partial charge on any atom is -0.543 e. The summed E-state index contributed by atoms with van der Waals surface area (Å²) in [4.78, 5) is 70.3. The third kappa shape index (κ3) is 7.65. The molecule has 6 N–H and O–H groups in total. The summed E-state index contributed by atoms with van der Waals surface area (Å²) >= 11 is 2.16. The highest BCUT2D eigenvalue weighted by Crippen LogP contribution is 2.41. The molecule has 53 heavy (non-hydrogen) atoms. The van der Waals surface area contributed by atoms with Crippen LogP contribution in [0.5, 0.6) is 5.75 Å². The van der Waals surface area contributed by atoms with Crippen molar-refractivity contribution in [1.29, 1.82) is 0 Å². The van der Waals surface area contributed by atoms with Gasteiger partial charge in [0.25, 0.3) is 17.7 Å². The maximum atomic E-state index is 13.3. The number of carboxylic acid groups (broad SMARTS) is 1. The molecule has 2 fully saturated rings. The highest BCUT2D eigenvalue weighted by Gasteiger charge is 2.53. The van der Waals surface area contributed by atoms with Crippen LogP contribution in [0.25, 0.3) is 0 Å². The zero-order valence-corrected chi connectivity index (χ0v) is 28.6. The van der Waals surface area contributed by atoms with E-state index in [-0.39, 0.29) is 47.6 Å². The van der Waals surface area contributed by atoms with Crippen LogP contribution in [0.1, 0.15) is 23.2 Å². The van der Waals surface area contributed by atoms with E-state index in [1.807, 2.05) is 0 Å². The van der Waals surface area contributed by atoms with E-state index in [1.165, 1.54) is 33.3 Å². The number of hydrogen-bond donors (Lipinski definition) is 5. The molecule has 6 rings (SSSR count). The third-order valence-corrected chi connectivity index (χ3v) is 10.3. The van der Waals surface area contributed by atoms with Crippen LogP contribution in [0.2, 0.25) is 0 Å². The molecule has 3 aliphatic rings. The number of β-lactam (4-membered cyclic amide) rings is 1. The van der Waals surface area contributed by atoms with E-state index in [2.05, 4.69) is 20.8 Å². The Kier molecular flexibility index (Phi) is 10.1. The number of hydrogen-bond acceptors (Lipinski definition) is 13. The number of fused-ring (bicyclic) bond motifs is 1. The van der Waals surface area contributed by atoms with Crippen molar-refractivity contribution in [2.75, 3.05) is 23.3 Å². The smallest absolute Gasteiger partial charge is 0.418 e. The van der Waals surface area contributed by atoms with Crippen molar-refractivity contribution < 1.29 is 57.1 Å². The Morgan fingerprint density at radius 1 is 1.19 bits per heavy atom. The van der Waals surface area contributed by atoms with Crippen molar-refractivity contribution in [2.45, 2.75) is 37.1 Å². The molecular formula is C32H27F3N8O8S2. The van der Waals surface area contributed by atoms with E-state index < -0.39 is 69.7 Å². The number of rotatable bonds is 10. The number of nitrogen functional groups attached to an aromatic ring is 1. The number of thiazole rings is 1. The van der Waals surface area contributed by atoms with Gasteiger partial charge in [-0.1, -0.05) is 5.16 Å². The van der Waals surface area contributed by atoms with Crippen LogP contribution >= 0.6 is 23.1 Å². The summed E-state index contributed by atoms with van der Waals surface area (Å²) in [6, 6.07) is 4.61. The number of carbonyl (C=O) groups is 5. The molecule has 0 saturated carbocycles. The normalized spacial score (nSPS) is 19.7. The van der Waals surface area contributed by atoms with Gasteiger partial charge >= 0.3 is 6.18 Å². The first-order valence-electron chi connectivity index (χ1n) is 15.5. The minimum absolute atomic E-state index is 0.0105. The highest BCUT2D eigenvalue weighted by molar-refractivity contribution is 8.00. The van der Waals surface area contributed by atoms with Gasteiger partial charge in [-0.05, 0) is 41.8 Å². The number of phenolic OH excluding ortho intramolecular Hbond substituents is 1. The quantitative estimate of drug-likeness (QED) is 0.0358. The number of oxime groups is 1. The van der Waals surface area contributed by atoms with Crippen LogP contribution < -0.4 is 26.0 Å². The Bertz CT molecular complexity index is 2120. The molecule has 2 aromatic heterocycles. The first kappa shape index (κ1) is 36.8. The number of alkyl halides is 3. The van der Waals surface area contributed by atoms with Gasteiger partial charge in [-0.15, -0.1) is 23.1 Å². The van der Waals surface area contributed by atoms with Gasteiger partial charge in [0.15, 0.2) is 23.2 Å². The Morgan fingerprint density at radius 2 is 1.92 bits per heavy atom. The van der Waals surface area contributed by atoms with Crippen molar-refractivity contribution in [1.82, 2.24) is 20.1 Å². The number of benzene rings is 1. The van der Waals surface area contributed by atoms with Crippen molar-refractivity contribution in [3.8, 4) is 5.75 Å². The molecule has 2 atom stereocenters. The van der Waals surface area contributed by atoms with Gasteiger partial charge in [-0.3, -0.25) is 24.1 Å². The number of nitrogens with one attached hydrogen (secondary N) is 2. The SMILES string of the molecule is Nc1nc(/C(=N/O)C(=O)N[C@@H]2C(=O)N3C(C(=O)[O-])=C(/C=C4\CCN(Cc5cc[n+](CC(=O)Nc6ccc(O)cc6C(F)(F)F)cc5)C4=O)CS[C@H]23)cs1. The second-order valence-electron chi connectivity index (χ2n) is 11.8. The summed E-state index contributed by atoms with van der Waals surface area (Å²) in [6.45, 7) is 0.138. The first-order valence-corrected chi connectivity index (χ1v) is 17.4. The van der Waals surface area contributed by atoms with Gasteiger partial charge in [-0.25, -0.2) is 4.98 Å². The topological polar surface area (TPSA) is 235 Å². The molecule has 0 bridgehead atoms. The van der Waals surface area contributed by atoms with Gasteiger partial charge in [-0.2, -0.15) is 17.7 Å². The maximum Gasteiger partial charge on any atom is 0.418 e. The van der Waals surface area contributed by atoms with E-state index in [9.17, 15) is 52.6 Å². The fraction of sp³-hybridized carbons (Fsp3) is 0.250. The molecule has 16 nitrogen and oxygen atoms in total. The molecule has 0 radical (unpaired) electrons. The third-order valence-electron chi connectivity index (χ3n) is 8.36. The van der Waals surface area contributed by atoms with Gasteiger partial charge in [0, 0.05) is 41.9 Å². The van der Waals surface area contributed by atoms with E-state index in [4.69, 9.17) is 5.73 Å². The van der Waals surface area contributed by atoms with E-state index in [0.29, 0.717) is 23.7 Å². The van der Waals surface area contributed by atoms with Crippen LogP contribution in [0.4, 0.5) is 24.0 Å². The number of phenols is 1.